The first kappa shape index (κ1) is 17.4. The van der Waals surface area contributed by atoms with Crippen molar-refractivity contribution in [1.29, 1.82) is 0 Å². The summed E-state index contributed by atoms with van der Waals surface area (Å²) in [7, 11) is 0. The van der Waals surface area contributed by atoms with Crippen LogP contribution in [-0.2, 0) is 4.79 Å². The van der Waals surface area contributed by atoms with Gasteiger partial charge in [-0.05, 0) is 42.0 Å². The van der Waals surface area contributed by atoms with Crippen LogP contribution in [-0.4, -0.2) is 27.0 Å². The minimum absolute atomic E-state index is 0.00861. The van der Waals surface area contributed by atoms with E-state index in [1.165, 1.54) is 54.8 Å². The smallest absolute Gasteiger partial charge is 0.294 e. The number of aromatic hydroxyl groups is 2. The van der Waals surface area contributed by atoms with Crippen LogP contribution in [0.25, 0.3) is 0 Å². The number of phenolic OH excluding ortho intramolecular Hbond substituents is 2. The van der Waals surface area contributed by atoms with Crippen molar-refractivity contribution in [3.05, 3.63) is 89.6 Å². The average Bonchev–Trinajstić information content (AvgIpc) is 3.31. The van der Waals surface area contributed by atoms with Gasteiger partial charge in [0.05, 0.1) is 23.6 Å². The molecule has 0 saturated carbocycles. The van der Waals surface area contributed by atoms with Gasteiger partial charge in [0.25, 0.3) is 5.91 Å². The fourth-order valence-electron chi connectivity index (χ4n) is 3.27. The molecular formula is C21H15NO6. The van der Waals surface area contributed by atoms with Crippen molar-refractivity contribution < 1.29 is 29.3 Å². The summed E-state index contributed by atoms with van der Waals surface area (Å²) < 4.78 is 5.15. The Morgan fingerprint density at radius 2 is 1.64 bits per heavy atom. The molecule has 7 nitrogen and oxygen atoms in total. The van der Waals surface area contributed by atoms with Crippen molar-refractivity contribution in [3.8, 4) is 11.5 Å². The molecule has 3 N–H and O–H groups in total. The number of benzene rings is 2. The fourth-order valence-corrected chi connectivity index (χ4v) is 3.27. The highest BCUT2D eigenvalue weighted by Gasteiger charge is 2.45. The zero-order valence-electron chi connectivity index (χ0n) is 14.4. The van der Waals surface area contributed by atoms with Crippen LogP contribution >= 0.6 is 0 Å². The first-order valence-corrected chi connectivity index (χ1v) is 8.41. The second-order valence-corrected chi connectivity index (χ2v) is 6.23. The number of Topliss-reactive ketones (excluding diaryl/α,β-unsaturated/α-hetero) is 1. The largest absolute Gasteiger partial charge is 0.508 e. The van der Waals surface area contributed by atoms with Gasteiger partial charge in [-0.2, -0.15) is 0 Å². The Bertz CT molecular complexity index is 1080. The number of aliphatic hydroxyl groups excluding tert-OH is 1. The molecule has 2 heterocycles. The fraction of sp³-hybridized carbons (Fsp3) is 0.0476. The molecule has 28 heavy (non-hydrogen) atoms. The maximum absolute atomic E-state index is 13.0. The summed E-state index contributed by atoms with van der Waals surface area (Å²) in [5, 5.41) is 30.4. The lowest BCUT2D eigenvalue weighted by Gasteiger charge is -2.27. The molecular weight excluding hydrogens is 362 g/mol. The number of carbonyl (C=O) groups is 2. The van der Waals surface area contributed by atoms with Gasteiger partial charge in [0, 0.05) is 0 Å². The first-order valence-electron chi connectivity index (χ1n) is 8.41. The van der Waals surface area contributed by atoms with Crippen LogP contribution in [0.3, 0.4) is 0 Å². The van der Waals surface area contributed by atoms with E-state index in [2.05, 4.69) is 0 Å². The van der Waals surface area contributed by atoms with Crippen molar-refractivity contribution in [3.63, 3.8) is 0 Å². The van der Waals surface area contributed by atoms with E-state index in [-0.39, 0.29) is 28.5 Å². The van der Waals surface area contributed by atoms with Gasteiger partial charge < -0.3 is 19.7 Å². The van der Waals surface area contributed by atoms with Gasteiger partial charge >= 0.3 is 0 Å². The van der Waals surface area contributed by atoms with Crippen molar-refractivity contribution in [1.82, 2.24) is 0 Å². The van der Waals surface area contributed by atoms with Crippen molar-refractivity contribution in [2.24, 2.45) is 0 Å². The molecule has 1 aliphatic rings. The summed E-state index contributed by atoms with van der Waals surface area (Å²) in [6.45, 7) is 0. The van der Waals surface area contributed by atoms with Crippen molar-refractivity contribution in [2.45, 2.75) is 6.04 Å². The van der Waals surface area contributed by atoms with E-state index in [4.69, 9.17) is 4.42 Å². The predicted molar refractivity (Wildman–Crippen MR) is 99.1 cm³/mol. The van der Waals surface area contributed by atoms with Gasteiger partial charge in [0.2, 0.25) is 5.78 Å². The highest BCUT2D eigenvalue weighted by atomic mass is 16.3. The number of ketones is 1. The zero-order valence-corrected chi connectivity index (χ0v) is 14.4. The summed E-state index contributed by atoms with van der Waals surface area (Å²) in [5.41, 5.74) is 0.432. The number of carbonyl (C=O) groups excluding carboxylic acids is 2. The minimum Gasteiger partial charge on any atom is -0.508 e. The highest BCUT2D eigenvalue weighted by Crippen LogP contribution is 2.44. The van der Waals surface area contributed by atoms with Crippen LogP contribution in [0, 0.1) is 0 Å². The summed E-state index contributed by atoms with van der Waals surface area (Å²) >= 11 is 0. The molecule has 0 spiro atoms. The lowest BCUT2D eigenvalue weighted by molar-refractivity contribution is -0.117. The van der Waals surface area contributed by atoms with E-state index in [1.807, 2.05) is 0 Å². The highest BCUT2D eigenvalue weighted by molar-refractivity contribution is 6.20. The molecule has 0 aliphatic carbocycles. The number of rotatable bonds is 4. The van der Waals surface area contributed by atoms with Crippen LogP contribution in [0.4, 0.5) is 5.69 Å². The summed E-state index contributed by atoms with van der Waals surface area (Å²) in [6.07, 6.45) is 1.32. The SMILES string of the molecule is O=C(C1=C(O)C(=O)N(c2ccccc2O)C1c1ccc(O)cc1)c1ccco1. The van der Waals surface area contributed by atoms with E-state index in [9.17, 15) is 24.9 Å². The van der Waals surface area contributed by atoms with E-state index in [0.29, 0.717) is 5.56 Å². The molecule has 0 saturated heterocycles. The molecule has 2 aromatic carbocycles. The second kappa shape index (κ2) is 6.62. The number of phenols is 2. The van der Waals surface area contributed by atoms with Gasteiger partial charge in [-0.25, -0.2) is 0 Å². The van der Waals surface area contributed by atoms with Crippen LogP contribution < -0.4 is 4.90 Å². The molecule has 140 valence electrons. The molecule has 1 aromatic heterocycles. The molecule has 1 amide bonds. The van der Waals surface area contributed by atoms with Crippen LogP contribution in [0.5, 0.6) is 11.5 Å². The standard InChI is InChI=1S/C21H15NO6/c23-13-9-7-12(8-10-13)18-17(19(25)16-6-3-11-28-16)20(26)21(27)22(18)14-4-1-2-5-15(14)24/h1-11,18,23-24,26H. The molecule has 0 radical (unpaired) electrons. The summed E-state index contributed by atoms with van der Waals surface area (Å²) in [4.78, 5) is 27.0. The Hall–Kier alpha value is -4.00. The van der Waals surface area contributed by atoms with Crippen LogP contribution in [0.1, 0.15) is 22.2 Å². The lowest BCUT2D eigenvalue weighted by atomic mass is 9.94. The normalized spacial score (nSPS) is 16.6. The molecule has 3 aromatic rings. The van der Waals surface area contributed by atoms with E-state index in [0.717, 1.165) is 4.90 Å². The number of para-hydroxylation sites is 2. The van der Waals surface area contributed by atoms with Crippen molar-refractivity contribution >= 4 is 17.4 Å². The molecule has 1 unspecified atom stereocenters. The molecule has 7 heteroatoms. The molecule has 0 fully saturated rings. The number of aliphatic hydroxyl groups is 1. The molecule has 0 bridgehead atoms. The Morgan fingerprint density at radius 3 is 2.29 bits per heavy atom. The number of hydrogen-bond acceptors (Lipinski definition) is 6. The maximum atomic E-state index is 13.0. The van der Waals surface area contributed by atoms with E-state index in [1.54, 1.807) is 12.1 Å². The molecule has 1 atom stereocenters. The lowest BCUT2D eigenvalue weighted by Crippen LogP contribution is -2.31. The molecule has 1 aliphatic heterocycles. The Balaban J connectivity index is 1.91. The van der Waals surface area contributed by atoms with Crippen molar-refractivity contribution in [2.75, 3.05) is 4.90 Å². The molecule has 4 rings (SSSR count). The zero-order chi connectivity index (χ0) is 19.8. The van der Waals surface area contributed by atoms with Gasteiger partial charge in [-0.3, -0.25) is 14.5 Å². The Morgan fingerprint density at radius 1 is 0.929 bits per heavy atom. The monoisotopic (exact) mass is 377 g/mol. The number of anilines is 1. The first-order chi connectivity index (χ1) is 13.5. The Labute approximate surface area is 159 Å². The third kappa shape index (κ3) is 2.69. The minimum atomic E-state index is -1.01. The van der Waals surface area contributed by atoms with Crippen LogP contribution in [0.2, 0.25) is 0 Å². The third-order valence-electron chi connectivity index (χ3n) is 4.55. The average molecular weight is 377 g/mol. The van der Waals surface area contributed by atoms with E-state index >= 15 is 0 Å². The topological polar surface area (TPSA) is 111 Å². The van der Waals surface area contributed by atoms with Gasteiger partial charge in [-0.15, -0.1) is 0 Å². The quantitative estimate of drug-likeness (QED) is 0.600. The number of hydrogen-bond donors (Lipinski definition) is 3. The number of nitrogens with zero attached hydrogens (tertiary/aromatic N) is 1. The predicted octanol–water partition coefficient (Wildman–Crippen LogP) is 3.47. The van der Waals surface area contributed by atoms with Gasteiger partial charge in [-0.1, -0.05) is 24.3 Å². The van der Waals surface area contributed by atoms with E-state index < -0.39 is 23.5 Å². The second-order valence-electron chi connectivity index (χ2n) is 6.23. The number of furan rings is 1. The third-order valence-corrected chi connectivity index (χ3v) is 4.55. The van der Waals surface area contributed by atoms with Gasteiger partial charge in [0.15, 0.2) is 11.5 Å². The maximum Gasteiger partial charge on any atom is 0.294 e. The van der Waals surface area contributed by atoms with Crippen LogP contribution in [0.15, 0.2) is 82.7 Å². The summed E-state index contributed by atoms with van der Waals surface area (Å²) in [5.74, 6) is -2.39. The van der Waals surface area contributed by atoms with Gasteiger partial charge in [0.1, 0.15) is 11.5 Å². The summed E-state index contributed by atoms with van der Waals surface area (Å²) in [6, 6.07) is 14.0. The Kier molecular flexibility index (Phi) is 4.12. The number of amides is 1.